The molecule has 0 amide bonds. The van der Waals surface area contributed by atoms with Crippen molar-refractivity contribution in [2.45, 2.75) is 33.7 Å². The summed E-state index contributed by atoms with van der Waals surface area (Å²) >= 11 is 0. The number of pyridine rings is 1. The maximum Gasteiger partial charge on any atom is 0.204 e. The molecule has 1 fully saturated rings. The van der Waals surface area contributed by atoms with Gasteiger partial charge in [0.25, 0.3) is 0 Å². The molecule has 1 aromatic carbocycles. The SMILES string of the molecule is CCN1CCN(Cc2ccc(NC3=N/C=C/CC(C)/C(Oc4ccc5[nH]c(C)cc5c4F)=C\3F)nc2)CC1. The number of hydrogen-bond donors (Lipinski definition) is 2. The summed E-state index contributed by atoms with van der Waals surface area (Å²) in [4.78, 5) is 16.7. The van der Waals surface area contributed by atoms with E-state index in [9.17, 15) is 0 Å². The van der Waals surface area contributed by atoms with Crippen molar-refractivity contribution in [3.63, 3.8) is 0 Å². The molecule has 1 saturated heterocycles. The Morgan fingerprint density at radius 1 is 1.11 bits per heavy atom. The first kappa shape index (κ1) is 26.1. The van der Waals surface area contributed by atoms with Crippen molar-refractivity contribution in [3.05, 3.63) is 77.5 Å². The number of aliphatic imine (C=N–C) groups is 1. The number of likely N-dealkylation sites (N-methyl/N-ethyl adjacent to an activating group) is 1. The van der Waals surface area contributed by atoms with Crippen molar-refractivity contribution in [2.75, 3.05) is 38.0 Å². The minimum atomic E-state index is -0.675. The molecule has 0 saturated carbocycles. The molecule has 1 unspecified atom stereocenters. The van der Waals surface area contributed by atoms with Crippen LogP contribution in [0.25, 0.3) is 10.9 Å². The number of hydrogen-bond acceptors (Lipinski definition) is 6. The summed E-state index contributed by atoms with van der Waals surface area (Å²) in [5.74, 6) is -1.10. The highest BCUT2D eigenvalue weighted by molar-refractivity contribution is 6.06. The second kappa shape index (κ2) is 11.4. The number of rotatable bonds is 6. The molecule has 4 heterocycles. The summed E-state index contributed by atoms with van der Waals surface area (Å²) in [6.45, 7) is 12.0. The molecule has 0 spiro atoms. The van der Waals surface area contributed by atoms with Crippen LogP contribution in [-0.2, 0) is 6.54 Å². The number of H-pyrrole nitrogens is 1. The van der Waals surface area contributed by atoms with Crippen LogP contribution in [0.4, 0.5) is 14.6 Å². The zero-order valence-electron chi connectivity index (χ0n) is 22.1. The zero-order valence-corrected chi connectivity index (χ0v) is 22.1. The number of halogens is 2. The van der Waals surface area contributed by atoms with Crippen LogP contribution in [0.1, 0.15) is 31.5 Å². The predicted octanol–water partition coefficient (Wildman–Crippen LogP) is 5.77. The lowest BCUT2D eigenvalue weighted by atomic mass is 10.0. The van der Waals surface area contributed by atoms with E-state index in [2.05, 4.69) is 37.0 Å². The molecule has 38 heavy (non-hydrogen) atoms. The molecule has 2 aliphatic heterocycles. The third-order valence-corrected chi connectivity index (χ3v) is 7.12. The molecule has 2 N–H and O–H groups in total. The van der Waals surface area contributed by atoms with E-state index < -0.39 is 11.6 Å². The van der Waals surface area contributed by atoms with Gasteiger partial charge in [0, 0.05) is 67.6 Å². The van der Waals surface area contributed by atoms with Crippen LogP contribution < -0.4 is 10.1 Å². The smallest absolute Gasteiger partial charge is 0.204 e. The number of aryl methyl sites for hydroxylation is 1. The fourth-order valence-electron chi connectivity index (χ4n) is 4.84. The number of aromatic nitrogens is 2. The van der Waals surface area contributed by atoms with E-state index in [1.54, 1.807) is 24.5 Å². The lowest BCUT2D eigenvalue weighted by Crippen LogP contribution is -2.45. The van der Waals surface area contributed by atoms with E-state index in [-0.39, 0.29) is 23.3 Å². The Hall–Kier alpha value is -3.56. The first-order valence-electron chi connectivity index (χ1n) is 13.2. The van der Waals surface area contributed by atoms with Crippen molar-refractivity contribution < 1.29 is 13.5 Å². The van der Waals surface area contributed by atoms with Crippen molar-refractivity contribution in [3.8, 4) is 5.75 Å². The quantitative estimate of drug-likeness (QED) is 0.432. The molecule has 9 heteroatoms. The van der Waals surface area contributed by atoms with E-state index in [0.29, 0.717) is 23.1 Å². The third kappa shape index (κ3) is 5.79. The summed E-state index contributed by atoms with van der Waals surface area (Å²) in [6, 6.07) is 8.77. The number of fused-ring (bicyclic) bond motifs is 1. The van der Waals surface area contributed by atoms with Gasteiger partial charge in [-0.15, -0.1) is 0 Å². The number of aromatic amines is 1. The van der Waals surface area contributed by atoms with Crippen LogP contribution in [-0.4, -0.2) is 58.3 Å². The zero-order chi connectivity index (χ0) is 26.6. The average Bonchev–Trinajstić information content (AvgIpc) is 3.31. The molecule has 2 aromatic heterocycles. The normalized spacial score (nSPS) is 23.5. The lowest BCUT2D eigenvalue weighted by Gasteiger charge is -2.33. The van der Waals surface area contributed by atoms with Crippen molar-refractivity contribution in [1.29, 1.82) is 0 Å². The Bertz CT molecular complexity index is 1370. The summed E-state index contributed by atoms with van der Waals surface area (Å²) in [6.07, 6.45) is 5.71. The van der Waals surface area contributed by atoms with Gasteiger partial charge < -0.3 is 19.9 Å². The minimum Gasteiger partial charge on any atom is -0.455 e. The molecule has 0 bridgehead atoms. The minimum absolute atomic E-state index is 0.0222. The van der Waals surface area contributed by atoms with Crippen molar-refractivity contribution >= 4 is 22.6 Å². The van der Waals surface area contributed by atoms with Gasteiger partial charge in [0.05, 0.1) is 0 Å². The lowest BCUT2D eigenvalue weighted by molar-refractivity contribution is 0.132. The molecule has 0 radical (unpaired) electrons. The van der Waals surface area contributed by atoms with Gasteiger partial charge in [0.2, 0.25) is 5.83 Å². The topological polar surface area (TPSA) is 68.8 Å². The highest BCUT2D eigenvalue weighted by Crippen LogP contribution is 2.32. The summed E-state index contributed by atoms with van der Waals surface area (Å²) in [5.41, 5.74) is 2.60. The molecule has 1 atom stereocenters. The van der Waals surface area contributed by atoms with Gasteiger partial charge in [-0.25, -0.2) is 14.4 Å². The predicted molar refractivity (Wildman–Crippen MR) is 147 cm³/mol. The molecule has 7 nitrogen and oxygen atoms in total. The van der Waals surface area contributed by atoms with Crippen molar-refractivity contribution in [1.82, 2.24) is 19.8 Å². The van der Waals surface area contributed by atoms with Crippen LogP contribution in [0.2, 0.25) is 0 Å². The first-order valence-corrected chi connectivity index (χ1v) is 13.2. The van der Waals surface area contributed by atoms with Crippen LogP contribution in [0.3, 0.4) is 0 Å². The average molecular weight is 521 g/mol. The first-order chi connectivity index (χ1) is 18.4. The van der Waals surface area contributed by atoms with Crippen LogP contribution in [0.5, 0.6) is 5.75 Å². The largest absolute Gasteiger partial charge is 0.455 e. The molecular formula is C29H34F2N6O. The summed E-state index contributed by atoms with van der Waals surface area (Å²) in [5, 5.41) is 3.39. The fraction of sp³-hybridized carbons (Fsp3) is 0.379. The van der Waals surface area contributed by atoms with E-state index in [0.717, 1.165) is 50.5 Å². The second-order valence-electron chi connectivity index (χ2n) is 9.96. The van der Waals surface area contributed by atoms with Gasteiger partial charge >= 0.3 is 0 Å². The van der Waals surface area contributed by atoms with Gasteiger partial charge in [-0.05, 0) is 49.7 Å². The molecule has 200 valence electrons. The number of benzene rings is 1. The Balaban J connectivity index is 1.33. The van der Waals surface area contributed by atoms with Gasteiger partial charge in [-0.2, -0.15) is 4.39 Å². The van der Waals surface area contributed by atoms with Gasteiger partial charge in [-0.3, -0.25) is 4.90 Å². The summed E-state index contributed by atoms with van der Waals surface area (Å²) < 4.78 is 36.9. The Labute approximate surface area is 221 Å². The second-order valence-corrected chi connectivity index (χ2v) is 9.96. The molecule has 3 aromatic rings. The number of anilines is 1. The van der Waals surface area contributed by atoms with Crippen LogP contribution in [0.15, 0.2) is 65.4 Å². The monoisotopic (exact) mass is 520 g/mol. The van der Waals surface area contributed by atoms with Crippen LogP contribution in [0, 0.1) is 18.7 Å². The number of nitrogens with zero attached hydrogens (tertiary/aromatic N) is 4. The number of piperazine rings is 1. The van der Waals surface area contributed by atoms with E-state index in [1.807, 2.05) is 32.1 Å². The standard InChI is InChI=1S/C29H34F2N6O/c1-4-36-12-14-37(15-13-36)18-21-7-10-25(33-17-21)35-29-27(31)28(19(2)6-5-11-32-29)38-24-9-8-23-22(26(24)30)16-20(3)34-23/h5,7-11,16-17,19,34H,4,6,12-15,18H2,1-3H3,(H,32,33,35)/b11-5+,28-27-. The number of allylic oxidation sites excluding steroid dienone is 2. The van der Waals surface area contributed by atoms with E-state index in [1.165, 1.54) is 6.07 Å². The third-order valence-electron chi connectivity index (χ3n) is 7.12. The molecule has 0 aliphatic carbocycles. The Kier molecular flexibility index (Phi) is 7.85. The molecule has 5 rings (SSSR count). The van der Waals surface area contributed by atoms with Gasteiger partial charge in [0.1, 0.15) is 11.6 Å². The summed E-state index contributed by atoms with van der Waals surface area (Å²) in [7, 11) is 0. The highest BCUT2D eigenvalue weighted by atomic mass is 19.1. The van der Waals surface area contributed by atoms with E-state index in [4.69, 9.17) is 4.74 Å². The van der Waals surface area contributed by atoms with Gasteiger partial charge in [-0.1, -0.05) is 26.0 Å². The number of ether oxygens (including phenoxy) is 1. The molecular weight excluding hydrogens is 486 g/mol. The fourth-order valence-corrected chi connectivity index (χ4v) is 4.84. The molecule has 2 aliphatic rings. The highest BCUT2D eigenvalue weighted by Gasteiger charge is 2.24. The van der Waals surface area contributed by atoms with E-state index >= 15 is 8.78 Å². The van der Waals surface area contributed by atoms with Crippen molar-refractivity contribution in [2.24, 2.45) is 10.9 Å². The number of nitrogens with one attached hydrogen (secondary N) is 2. The maximum atomic E-state index is 15.8. The number of amidine groups is 1. The van der Waals surface area contributed by atoms with Gasteiger partial charge in [0.15, 0.2) is 17.4 Å². The Morgan fingerprint density at radius 3 is 2.63 bits per heavy atom. The van der Waals surface area contributed by atoms with Crippen LogP contribution >= 0.6 is 0 Å². The Morgan fingerprint density at radius 2 is 1.89 bits per heavy atom. The maximum absolute atomic E-state index is 15.8.